The van der Waals surface area contributed by atoms with E-state index in [1.165, 1.54) is 0 Å². The molecule has 0 bridgehead atoms. The molecule has 0 atom stereocenters. The quantitative estimate of drug-likeness (QED) is 0.0447. The Labute approximate surface area is 283 Å². The largest absolute Gasteiger partial charge is 0.370 e. The van der Waals surface area contributed by atoms with Gasteiger partial charge in [-0.05, 0) is 86.0 Å². The zero-order valence-corrected chi connectivity index (χ0v) is 29.5. The van der Waals surface area contributed by atoms with E-state index < -0.39 is 0 Å². The van der Waals surface area contributed by atoms with E-state index in [4.69, 9.17) is 17.2 Å². The number of hydrogen-bond acceptors (Lipinski definition) is 7. The molecule has 0 aliphatic heterocycles. The maximum absolute atomic E-state index is 12.5. The van der Waals surface area contributed by atoms with E-state index in [2.05, 4.69) is 74.0 Å². The summed E-state index contributed by atoms with van der Waals surface area (Å²) in [4.78, 5) is 34.8. The average Bonchev–Trinajstić information content (AvgIpc) is 3.43. The Bertz CT molecular complexity index is 1760. The highest BCUT2D eigenvalue weighted by Crippen LogP contribution is 2.31. The summed E-state index contributed by atoms with van der Waals surface area (Å²) in [5, 5.41) is 15.4. The van der Waals surface area contributed by atoms with Gasteiger partial charge in [-0.1, -0.05) is 59.7 Å². The third-order valence-electron chi connectivity index (χ3n) is 8.12. The third-order valence-corrected chi connectivity index (χ3v) is 8.12. The van der Waals surface area contributed by atoms with Gasteiger partial charge in [0.1, 0.15) is 5.65 Å². The highest BCUT2D eigenvalue weighted by Gasteiger charge is 2.22. The Morgan fingerprint density at radius 2 is 1.71 bits per heavy atom. The number of guanidine groups is 1. The Morgan fingerprint density at radius 1 is 1.02 bits per heavy atom. The van der Waals surface area contributed by atoms with E-state index in [1.807, 2.05) is 37.4 Å². The van der Waals surface area contributed by atoms with Gasteiger partial charge in [0, 0.05) is 47.4 Å². The minimum absolute atomic E-state index is 0.0352. The molecule has 0 aliphatic carbocycles. The van der Waals surface area contributed by atoms with Gasteiger partial charge in [0.2, 0.25) is 0 Å². The van der Waals surface area contributed by atoms with E-state index in [9.17, 15) is 14.9 Å². The topological polar surface area (TPSA) is 196 Å². The van der Waals surface area contributed by atoms with E-state index in [0.717, 1.165) is 77.8 Å². The average molecular weight is 660 g/mol. The molecule has 0 amide bonds. The zero-order valence-electron chi connectivity index (χ0n) is 29.5. The summed E-state index contributed by atoms with van der Waals surface area (Å²) < 4.78 is 1.58. The molecular weight excluding hydrogens is 606 g/mol. The standard InChI is InChI=1S/C21H29N7O.C15H24N2O2/c1-21(2,3)17-11-15-13-28(20(29)27-18(15)26-17)16-7-5-14(6-8-16)12-24-9-4-10-25-19(22)23;1-11-12(7-5-6-8-16)9-13(15(2,3)4)10-14(11)17(18)19/h5-8,11,13,24H,4,9-10,12H2,1-3H3,(H4,22,23,25)(H,26,27,29);9-10H,5-8,16H2,1-4H3. The summed E-state index contributed by atoms with van der Waals surface area (Å²) in [6, 6.07) is 13.8. The number of benzene rings is 2. The molecule has 0 unspecified atom stereocenters. The van der Waals surface area contributed by atoms with Gasteiger partial charge in [0.15, 0.2) is 5.96 Å². The van der Waals surface area contributed by atoms with Crippen LogP contribution in [0.25, 0.3) is 16.7 Å². The number of nitrogens with zero attached hydrogens (tertiary/aromatic N) is 4. The number of aliphatic imine (C=N–C) groups is 1. The zero-order chi connectivity index (χ0) is 35.6. The Hall–Kier alpha value is -4.55. The molecule has 8 N–H and O–H groups in total. The van der Waals surface area contributed by atoms with Crippen LogP contribution in [0.5, 0.6) is 0 Å². The van der Waals surface area contributed by atoms with Crippen LogP contribution in [0, 0.1) is 17.0 Å². The molecule has 4 aromatic rings. The van der Waals surface area contributed by atoms with Crippen molar-refractivity contribution in [3.8, 4) is 5.69 Å². The first-order valence-electron chi connectivity index (χ1n) is 16.5. The van der Waals surface area contributed by atoms with Crippen LogP contribution in [-0.2, 0) is 23.8 Å². The highest BCUT2D eigenvalue weighted by atomic mass is 16.6. The van der Waals surface area contributed by atoms with Crippen LogP contribution in [0.2, 0.25) is 0 Å². The molecule has 260 valence electrons. The summed E-state index contributed by atoms with van der Waals surface area (Å²) >= 11 is 0. The first kappa shape index (κ1) is 37.9. The van der Waals surface area contributed by atoms with Gasteiger partial charge >= 0.3 is 5.69 Å². The van der Waals surface area contributed by atoms with E-state index in [-0.39, 0.29) is 33.1 Å². The summed E-state index contributed by atoms with van der Waals surface area (Å²) in [7, 11) is 0. The van der Waals surface area contributed by atoms with Crippen molar-refractivity contribution in [3.05, 3.63) is 97.2 Å². The molecule has 48 heavy (non-hydrogen) atoms. The monoisotopic (exact) mass is 659 g/mol. The molecular formula is C36H53N9O3. The second kappa shape index (κ2) is 16.5. The lowest BCUT2D eigenvalue weighted by atomic mass is 9.84. The molecule has 12 heteroatoms. The molecule has 4 rings (SSSR count). The summed E-state index contributed by atoms with van der Waals surface area (Å²) in [6.45, 7) is 17.3. The first-order valence-corrected chi connectivity index (χ1v) is 16.5. The SMILES string of the molecule is CC(C)(C)c1cc2cn(-c3ccc(CNCCCN=C(N)N)cc3)c(=O)nc2[nH]1.Cc1c(CCCCN)cc(C(C)(C)C)cc1[N+](=O)[O-]. The second-order valence-corrected chi connectivity index (χ2v) is 14.2. The lowest BCUT2D eigenvalue weighted by Gasteiger charge is -2.21. The van der Waals surface area contributed by atoms with Gasteiger partial charge in [0.05, 0.1) is 10.6 Å². The number of fused-ring (bicyclic) bond motifs is 1. The molecule has 2 aromatic heterocycles. The molecule has 12 nitrogen and oxygen atoms in total. The Morgan fingerprint density at radius 3 is 2.29 bits per heavy atom. The fourth-order valence-electron chi connectivity index (χ4n) is 5.10. The number of nitro groups is 1. The number of hydrogen-bond donors (Lipinski definition) is 5. The fraction of sp³-hybridized carbons (Fsp3) is 0.472. The number of aromatic amines is 1. The summed E-state index contributed by atoms with van der Waals surface area (Å²) in [5.74, 6) is 0.123. The van der Waals surface area contributed by atoms with Crippen LogP contribution in [0.4, 0.5) is 5.69 Å². The number of nitrogens with two attached hydrogens (primary N) is 3. The van der Waals surface area contributed by atoms with Gasteiger partial charge in [-0.25, -0.2) is 4.79 Å². The number of H-pyrrole nitrogens is 1. The van der Waals surface area contributed by atoms with Crippen LogP contribution in [-0.4, -0.2) is 45.1 Å². The number of nitro benzene ring substituents is 1. The molecule has 2 heterocycles. The van der Waals surface area contributed by atoms with Gasteiger partial charge < -0.3 is 27.5 Å². The van der Waals surface area contributed by atoms with Crippen molar-refractivity contribution in [2.45, 2.75) is 91.5 Å². The van der Waals surface area contributed by atoms with Crippen molar-refractivity contribution in [1.82, 2.24) is 19.9 Å². The normalized spacial score (nSPS) is 11.7. The van der Waals surface area contributed by atoms with Crippen molar-refractivity contribution in [2.75, 3.05) is 19.6 Å². The van der Waals surface area contributed by atoms with Gasteiger partial charge in [-0.2, -0.15) is 4.98 Å². The van der Waals surface area contributed by atoms with Crippen LogP contribution >= 0.6 is 0 Å². The van der Waals surface area contributed by atoms with Crippen molar-refractivity contribution < 1.29 is 4.92 Å². The molecule has 0 radical (unpaired) electrons. The van der Waals surface area contributed by atoms with Crippen molar-refractivity contribution >= 4 is 22.7 Å². The fourth-order valence-corrected chi connectivity index (χ4v) is 5.10. The van der Waals surface area contributed by atoms with Crippen LogP contribution in [0.3, 0.4) is 0 Å². The van der Waals surface area contributed by atoms with Crippen LogP contribution < -0.4 is 28.2 Å². The first-order chi connectivity index (χ1) is 22.5. The highest BCUT2D eigenvalue weighted by molar-refractivity contribution is 5.76. The minimum Gasteiger partial charge on any atom is -0.370 e. The molecule has 0 saturated heterocycles. The molecule has 0 fully saturated rings. The molecule has 0 spiro atoms. The molecule has 2 aromatic carbocycles. The Kier molecular flexibility index (Phi) is 13.0. The number of aromatic nitrogens is 3. The molecule has 0 aliphatic rings. The number of aryl methyl sites for hydroxylation is 1. The van der Waals surface area contributed by atoms with E-state index >= 15 is 0 Å². The number of unbranched alkanes of at least 4 members (excludes halogenated alkanes) is 1. The predicted octanol–water partition coefficient (Wildman–Crippen LogP) is 5.25. The maximum atomic E-state index is 12.5. The summed E-state index contributed by atoms with van der Waals surface area (Å²) in [6.07, 6.45) is 5.49. The lowest BCUT2D eigenvalue weighted by molar-refractivity contribution is -0.385. The minimum atomic E-state index is -0.301. The number of nitrogens with one attached hydrogen (secondary N) is 2. The summed E-state index contributed by atoms with van der Waals surface area (Å²) in [5.41, 5.74) is 22.4. The predicted molar refractivity (Wildman–Crippen MR) is 196 cm³/mol. The van der Waals surface area contributed by atoms with E-state index in [0.29, 0.717) is 18.7 Å². The van der Waals surface area contributed by atoms with Crippen LogP contribution in [0.15, 0.2) is 58.4 Å². The van der Waals surface area contributed by atoms with Crippen molar-refractivity contribution in [3.63, 3.8) is 0 Å². The Balaban J connectivity index is 0.000000286. The maximum Gasteiger partial charge on any atom is 0.354 e. The lowest BCUT2D eigenvalue weighted by Crippen LogP contribution is -2.23. The second-order valence-electron chi connectivity index (χ2n) is 14.2. The van der Waals surface area contributed by atoms with Gasteiger partial charge in [-0.15, -0.1) is 0 Å². The third kappa shape index (κ3) is 10.7. The van der Waals surface area contributed by atoms with Crippen molar-refractivity contribution in [1.29, 1.82) is 0 Å². The molecule has 0 saturated carbocycles. The van der Waals surface area contributed by atoms with Crippen molar-refractivity contribution in [2.24, 2.45) is 22.2 Å². The van der Waals surface area contributed by atoms with E-state index in [1.54, 1.807) is 10.6 Å². The smallest absolute Gasteiger partial charge is 0.354 e. The van der Waals surface area contributed by atoms with Gasteiger partial charge in [0.25, 0.3) is 5.69 Å². The number of rotatable bonds is 12. The van der Waals surface area contributed by atoms with Crippen LogP contribution in [0.1, 0.15) is 88.8 Å². The van der Waals surface area contributed by atoms with Gasteiger partial charge in [-0.3, -0.25) is 19.7 Å².